The molecule has 0 rings (SSSR count). The van der Waals surface area contributed by atoms with E-state index in [-0.39, 0.29) is 12.1 Å². The average Bonchev–Trinajstić information content (AvgIpc) is 2.25. The van der Waals surface area contributed by atoms with Crippen molar-refractivity contribution in [2.75, 3.05) is 6.61 Å². The summed E-state index contributed by atoms with van der Waals surface area (Å²) in [4.78, 5) is 0. The summed E-state index contributed by atoms with van der Waals surface area (Å²) in [5.74, 6) is 0.764. The molecule has 0 aromatic carbocycles. The molecule has 0 saturated heterocycles. The van der Waals surface area contributed by atoms with Crippen molar-refractivity contribution < 1.29 is 4.74 Å². The first-order valence-corrected chi connectivity index (χ1v) is 6.56. The van der Waals surface area contributed by atoms with E-state index in [1.54, 1.807) is 0 Å². The molecule has 0 aliphatic rings. The maximum atomic E-state index is 6.22. The number of hydrogen-bond acceptors (Lipinski definition) is 2. The summed E-state index contributed by atoms with van der Waals surface area (Å²) < 4.78 is 5.71. The van der Waals surface area contributed by atoms with Crippen LogP contribution in [0.25, 0.3) is 0 Å². The SMILES string of the molecule is CCCC(OCC)C(N)CC(CC)CC. The summed E-state index contributed by atoms with van der Waals surface area (Å²) in [5, 5.41) is 0. The van der Waals surface area contributed by atoms with E-state index in [0.717, 1.165) is 31.8 Å². The molecule has 92 valence electrons. The van der Waals surface area contributed by atoms with Crippen LogP contribution in [0.5, 0.6) is 0 Å². The van der Waals surface area contributed by atoms with Crippen molar-refractivity contribution in [1.29, 1.82) is 0 Å². The van der Waals surface area contributed by atoms with Gasteiger partial charge < -0.3 is 10.5 Å². The van der Waals surface area contributed by atoms with E-state index in [1.165, 1.54) is 12.8 Å². The third-order valence-electron chi connectivity index (χ3n) is 3.19. The highest BCUT2D eigenvalue weighted by Gasteiger charge is 2.19. The predicted molar refractivity (Wildman–Crippen MR) is 67.0 cm³/mol. The van der Waals surface area contributed by atoms with Gasteiger partial charge in [0.15, 0.2) is 0 Å². The molecular formula is C13H29NO. The van der Waals surface area contributed by atoms with Crippen LogP contribution < -0.4 is 5.73 Å². The zero-order valence-electron chi connectivity index (χ0n) is 11.0. The van der Waals surface area contributed by atoms with Crippen molar-refractivity contribution >= 4 is 0 Å². The van der Waals surface area contributed by atoms with Crippen molar-refractivity contribution in [2.45, 2.75) is 71.9 Å². The minimum absolute atomic E-state index is 0.217. The first kappa shape index (κ1) is 14.9. The lowest BCUT2D eigenvalue weighted by Gasteiger charge is -2.26. The van der Waals surface area contributed by atoms with Crippen LogP contribution in [0.3, 0.4) is 0 Å². The average molecular weight is 215 g/mol. The van der Waals surface area contributed by atoms with Crippen molar-refractivity contribution in [2.24, 2.45) is 11.7 Å². The Bertz CT molecular complexity index is 128. The summed E-state index contributed by atoms with van der Waals surface area (Å²) >= 11 is 0. The molecule has 0 aromatic heterocycles. The van der Waals surface area contributed by atoms with Crippen molar-refractivity contribution in [3.8, 4) is 0 Å². The van der Waals surface area contributed by atoms with Gasteiger partial charge in [0, 0.05) is 12.6 Å². The minimum atomic E-state index is 0.217. The first-order valence-electron chi connectivity index (χ1n) is 6.56. The van der Waals surface area contributed by atoms with Crippen molar-refractivity contribution in [3.05, 3.63) is 0 Å². The van der Waals surface area contributed by atoms with Gasteiger partial charge in [0.25, 0.3) is 0 Å². The number of rotatable bonds is 9. The molecule has 0 bridgehead atoms. The van der Waals surface area contributed by atoms with Crippen molar-refractivity contribution in [3.63, 3.8) is 0 Å². The standard InChI is InChI=1S/C13H29NO/c1-5-9-13(15-8-4)12(14)10-11(6-2)7-3/h11-13H,5-10,14H2,1-4H3. The van der Waals surface area contributed by atoms with Gasteiger partial charge in [0.1, 0.15) is 0 Å². The Labute approximate surface area is 95.6 Å². The molecule has 2 atom stereocenters. The second-order valence-electron chi connectivity index (χ2n) is 4.36. The maximum absolute atomic E-state index is 6.22. The first-order chi connectivity index (χ1) is 7.19. The Morgan fingerprint density at radius 3 is 2.07 bits per heavy atom. The van der Waals surface area contributed by atoms with E-state index in [9.17, 15) is 0 Å². The second-order valence-corrected chi connectivity index (χ2v) is 4.36. The number of nitrogens with two attached hydrogens (primary N) is 1. The normalized spacial score (nSPS) is 15.6. The number of hydrogen-bond donors (Lipinski definition) is 1. The molecule has 0 fully saturated rings. The van der Waals surface area contributed by atoms with E-state index in [2.05, 4.69) is 20.8 Å². The molecule has 0 radical (unpaired) electrons. The lowest BCUT2D eigenvalue weighted by Crippen LogP contribution is -2.38. The van der Waals surface area contributed by atoms with Gasteiger partial charge >= 0.3 is 0 Å². The van der Waals surface area contributed by atoms with Gasteiger partial charge in [-0.05, 0) is 25.7 Å². The Hall–Kier alpha value is -0.0800. The maximum Gasteiger partial charge on any atom is 0.0725 e. The fourth-order valence-electron chi connectivity index (χ4n) is 2.08. The predicted octanol–water partition coefficient (Wildman–Crippen LogP) is 3.35. The van der Waals surface area contributed by atoms with E-state index in [0.29, 0.717) is 0 Å². The Kier molecular flexibility index (Phi) is 9.12. The molecule has 0 spiro atoms. The van der Waals surface area contributed by atoms with E-state index in [4.69, 9.17) is 10.5 Å². The van der Waals surface area contributed by atoms with Gasteiger partial charge in [-0.15, -0.1) is 0 Å². The Balaban J connectivity index is 4.04. The lowest BCUT2D eigenvalue weighted by molar-refractivity contribution is 0.0316. The zero-order chi connectivity index (χ0) is 11.7. The molecule has 0 aliphatic carbocycles. The Morgan fingerprint density at radius 2 is 1.67 bits per heavy atom. The molecule has 2 unspecified atom stereocenters. The van der Waals surface area contributed by atoms with Crippen LogP contribution in [0.4, 0.5) is 0 Å². The summed E-state index contributed by atoms with van der Waals surface area (Å²) in [5.41, 5.74) is 6.22. The molecule has 15 heavy (non-hydrogen) atoms. The summed E-state index contributed by atoms with van der Waals surface area (Å²) in [6.45, 7) is 9.51. The second kappa shape index (κ2) is 9.17. The van der Waals surface area contributed by atoms with E-state index in [1.807, 2.05) is 6.92 Å². The molecule has 0 aromatic rings. The highest BCUT2D eigenvalue weighted by Crippen LogP contribution is 2.18. The summed E-state index contributed by atoms with van der Waals surface area (Å²) in [6, 6.07) is 0.217. The molecule has 0 amide bonds. The van der Waals surface area contributed by atoms with E-state index >= 15 is 0 Å². The van der Waals surface area contributed by atoms with Gasteiger partial charge in [-0.3, -0.25) is 0 Å². The van der Waals surface area contributed by atoms with Crippen LogP contribution in [0.15, 0.2) is 0 Å². The lowest BCUT2D eigenvalue weighted by atomic mass is 9.91. The molecule has 2 heteroatoms. The minimum Gasteiger partial charge on any atom is -0.377 e. The molecule has 0 saturated carbocycles. The number of ether oxygens (including phenoxy) is 1. The molecule has 0 aliphatic heterocycles. The molecule has 0 heterocycles. The summed E-state index contributed by atoms with van der Waals surface area (Å²) in [6.07, 6.45) is 6.08. The van der Waals surface area contributed by atoms with Crippen LogP contribution in [-0.4, -0.2) is 18.8 Å². The summed E-state index contributed by atoms with van der Waals surface area (Å²) in [7, 11) is 0. The van der Waals surface area contributed by atoms with Gasteiger partial charge in [0.05, 0.1) is 6.10 Å². The topological polar surface area (TPSA) is 35.2 Å². The molecule has 2 N–H and O–H groups in total. The van der Waals surface area contributed by atoms with Crippen LogP contribution in [0, 0.1) is 5.92 Å². The van der Waals surface area contributed by atoms with Crippen molar-refractivity contribution in [1.82, 2.24) is 0 Å². The van der Waals surface area contributed by atoms with Crippen LogP contribution in [0.1, 0.15) is 59.8 Å². The van der Waals surface area contributed by atoms with Gasteiger partial charge in [-0.25, -0.2) is 0 Å². The smallest absolute Gasteiger partial charge is 0.0725 e. The largest absolute Gasteiger partial charge is 0.377 e. The molecular weight excluding hydrogens is 186 g/mol. The van der Waals surface area contributed by atoms with Gasteiger partial charge in [-0.1, -0.05) is 40.0 Å². The monoisotopic (exact) mass is 215 g/mol. The zero-order valence-corrected chi connectivity index (χ0v) is 11.0. The fourth-order valence-corrected chi connectivity index (χ4v) is 2.08. The third-order valence-corrected chi connectivity index (χ3v) is 3.19. The highest BCUT2D eigenvalue weighted by molar-refractivity contribution is 4.76. The van der Waals surface area contributed by atoms with Gasteiger partial charge in [0.2, 0.25) is 0 Å². The van der Waals surface area contributed by atoms with Crippen LogP contribution in [0.2, 0.25) is 0 Å². The molecule has 2 nitrogen and oxygen atoms in total. The van der Waals surface area contributed by atoms with Gasteiger partial charge in [-0.2, -0.15) is 0 Å². The van der Waals surface area contributed by atoms with Crippen LogP contribution >= 0.6 is 0 Å². The quantitative estimate of drug-likeness (QED) is 0.640. The van der Waals surface area contributed by atoms with E-state index < -0.39 is 0 Å². The van der Waals surface area contributed by atoms with Crippen LogP contribution in [-0.2, 0) is 4.74 Å². The third kappa shape index (κ3) is 6.16. The fraction of sp³-hybridized carbons (Fsp3) is 1.00. The Morgan fingerprint density at radius 1 is 1.07 bits per heavy atom. The highest BCUT2D eigenvalue weighted by atomic mass is 16.5.